The lowest BCUT2D eigenvalue weighted by Crippen LogP contribution is -2.31. The highest BCUT2D eigenvalue weighted by molar-refractivity contribution is 5.24. The number of hydrogen-bond acceptors (Lipinski definition) is 3. The third-order valence-electron chi connectivity index (χ3n) is 4.08. The zero-order valence-electron chi connectivity index (χ0n) is 13.6. The van der Waals surface area contributed by atoms with Crippen molar-refractivity contribution in [2.45, 2.75) is 46.1 Å². The highest BCUT2D eigenvalue weighted by Gasteiger charge is 2.14. The van der Waals surface area contributed by atoms with Crippen LogP contribution >= 0.6 is 0 Å². The molecule has 0 bridgehead atoms. The van der Waals surface area contributed by atoms with Crippen LogP contribution in [0.3, 0.4) is 0 Å². The van der Waals surface area contributed by atoms with Crippen LogP contribution in [0.25, 0.3) is 0 Å². The Morgan fingerprint density at radius 3 is 2.67 bits per heavy atom. The van der Waals surface area contributed by atoms with Crippen molar-refractivity contribution in [3.63, 3.8) is 0 Å². The summed E-state index contributed by atoms with van der Waals surface area (Å²) in [6, 6.07) is 6.59. The summed E-state index contributed by atoms with van der Waals surface area (Å²) < 4.78 is 1.98. The van der Waals surface area contributed by atoms with Crippen molar-refractivity contribution in [2.75, 3.05) is 6.54 Å². The Hall–Kier alpha value is -1.68. The fourth-order valence-corrected chi connectivity index (χ4v) is 2.83. The zero-order chi connectivity index (χ0) is 15.2. The van der Waals surface area contributed by atoms with Crippen molar-refractivity contribution < 1.29 is 0 Å². The lowest BCUT2D eigenvalue weighted by Gasteiger charge is -2.17. The summed E-state index contributed by atoms with van der Waals surface area (Å²) in [6.07, 6.45) is 5.02. The molecule has 0 aliphatic carbocycles. The minimum Gasteiger partial charge on any atom is -0.314 e. The van der Waals surface area contributed by atoms with Crippen LogP contribution in [-0.2, 0) is 19.9 Å². The van der Waals surface area contributed by atoms with E-state index in [1.165, 1.54) is 11.3 Å². The maximum Gasteiger partial charge on any atom is 0.0628 e. The predicted molar refractivity (Wildman–Crippen MR) is 86.4 cm³/mol. The second-order valence-corrected chi connectivity index (χ2v) is 5.59. The first kappa shape index (κ1) is 15.7. The average molecular weight is 286 g/mol. The Morgan fingerprint density at radius 2 is 2.10 bits per heavy atom. The van der Waals surface area contributed by atoms with Crippen LogP contribution in [0.4, 0.5) is 0 Å². The fourth-order valence-electron chi connectivity index (χ4n) is 2.83. The van der Waals surface area contributed by atoms with Crippen LogP contribution < -0.4 is 5.32 Å². The molecule has 0 saturated heterocycles. The highest BCUT2D eigenvalue weighted by atomic mass is 15.3. The number of likely N-dealkylation sites (N-methyl/N-ethyl adjacent to an activating group) is 1. The topological polar surface area (TPSA) is 42.7 Å². The van der Waals surface area contributed by atoms with Gasteiger partial charge in [-0.2, -0.15) is 5.10 Å². The van der Waals surface area contributed by atoms with Crippen molar-refractivity contribution in [1.82, 2.24) is 20.1 Å². The second-order valence-electron chi connectivity index (χ2n) is 5.59. The van der Waals surface area contributed by atoms with Gasteiger partial charge >= 0.3 is 0 Å². The van der Waals surface area contributed by atoms with E-state index in [1.807, 2.05) is 24.0 Å². The monoisotopic (exact) mass is 286 g/mol. The van der Waals surface area contributed by atoms with Crippen LogP contribution in [0.15, 0.2) is 24.4 Å². The molecule has 4 nitrogen and oxygen atoms in total. The molecular weight excluding hydrogens is 260 g/mol. The summed E-state index contributed by atoms with van der Waals surface area (Å²) in [5.74, 6) is 0. The second kappa shape index (κ2) is 7.36. The SMILES string of the molecule is CCNC(CCc1c(C)nn(C)c1C)Cc1ccccn1. The van der Waals surface area contributed by atoms with E-state index < -0.39 is 0 Å². The minimum absolute atomic E-state index is 0.462. The van der Waals surface area contributed by atoms with E-state index in [4.69, 9.17) is 0 Å². The van der Waals surface area contributed by atoms with Crippen molar-refractivity contribution in [3.8, 4) is 0 Å². The van der Waals surface area contributed by atoms with Crippen molar-refractivity contribution in [1.29, 1.82) is 0 Å². The molecule has 0 spiro atoms. The van der Waals surface area contributed by atoms with Gasteiger partial charge in [-0.05, 0) is 50.9 Å². The third kappa shape index (κ3) is 4.14. The number of pyridine rings is 1. The Morgan fingerprint density at radius 1 is 1.29 bits per heavy atom. The summed E-state index contributed by atoms with van der Waals surface area (Å²) in [5, 5.41) is 8.08. The van der Waals surface area contributed by atoms with Gasteiger partial charge < -0.3 is 5.32 Å². The molecule has 1 N–H and O–H groups in total. The molecule has 2 aromatic heterocycles. The molecule has 0 aliphatic heterocycles. The van der Waals surface area contributed by atoms with E-state index in [9.17, 15) is 0 Å². The summed E-state index contributed by atoms with van der Waals surface area (Å²) in [4.78, 5) is 4.44. The maximum absolute atomic E-state index is 4.50. The number of hydrogen-bond donors (Lipinski definition) is 1. The molecule has 2 heterocycles. The summed E-state index contributed by atoms with van der Waals surface area (Å²) in [6.45, 7) is 7.40. The first-order valence-corrected chi connectivity index (χ1v) is 7.74. The molecule has 0 fully saturated rings. The van der Waals surface area contributed by atoms with Crippen LogP contribution in [0, 0.1) is 13.8 Å². The first-order valence-electron chi connectivity index (χ1n) is 7.74. The van der Waals surface area contributed by atoms with Gasteiger partial charge in [0.2, 0.25) is 0 Å². The standard InChI is InChI=1S/C17H26N4/c1-5-18-16(12-15-8-6-7-11-19-15)9-10-17-13(2)20-21(4)14(17)3/h6-8,11,16,18H,5,9-10,12H2,1-4H3. The Bertz CT molecular complexity index is 560. The molecule has 0 radical (unpaired) electrons. The van der Waals surface area contributed by atoms with E-state index in [-0.39, 0.29) is 0 Å². The lowest BCUT2D eigenvalue weighted by molar-refractivity contribution is 0.486. The molecule has 2 rings (SSSR count). The van der Waals surface area contributed by atoms with E-state index in [2.05, 4.69) is 48.3 Å². The third-order valence-corrected chi connectivity index (χ3v) is 4.08. The maximum atomic E-state index is 4.50. The van der Waals surface area contributed by atoms with Crippen LogP contribution in [0.2, 0.25) is 0 Å². The van der Waals surface area contributed by atoms with Crippen LogP contribution in [0.1, 0.15) is 36.0 Å². The molecule has 114 valence electrons. The van der Waals surface area contributed by atoms with Crippen molar-refractivity contribution in [3.05, 3.63) is 47.0 Å². The van der Waals surface area contributed by atoms with Gasteiger partial charge in [-0.15, -0.1) is 0 Å². The van der Waals surface area contributed by atoms with Crippen molar-refractivity contribution in [2.24, 2.45) is 7.05 Å². The zero-order valence-corrected chi connectivity index (χ0v) is 13.6. The summed E-state index contributed by atoms with van der Waals surface area (Å²) >= 11 is 0. The predicted octanol–water partition coefficient (Wildman–Crippen LogP) is 2.59. The molecular formula is C17H26N4. The number of nitrogens with one attached hydrogen (secondary N) is 1. The fraction of sp³-hybridized carbons (Fsp3) is 0.529. The van der Waals surface area contributed by atoms with Gasteiger partial charge in [-0.3, -0.25) is 9.67 Å². The molecule has 0 saturated carbocycles. The molecule has 21 heavy (non-hydrogen) atoms. The van der Waals surface area contributed by atoms with Crippen LogP contribution in [0.5, 0.6) is 0 Å². The van der Waals surface area contributed by atoms with Gasteiger partial charge in [0.15, 0.2) is 0 Å². The molecule has 1 unspecified atom stereocenters. The van der Waals surface area contributed by atoms with Gasteiger partial charge in [-0.25, -0.2) is 0 Å². The number of aromatic nitrogens is 3. The quantitative estimate of drug-likeness (QED) is 0.850. The largest absolute Gasteiger partial charge is 0.314 e. The normalized spacial score (nSPS) is 12.6. The molecule has 2 aromatic rings. The lowest BCUT2D eigenvalue weighted by atomic mass is 10.00. The first-order chi connectivity index (χ1) is 10.1. The minimum atomic E-state index is 0.462. The molecule has 0 aliphatic rings. The van der Waals surface area contributed by atoms with Gasteiger partial charge in [0.25, 0.3) is 0 Å². The highest BCUT2D eigenvalue weighted by Crippen LogP contribution is 2.16. The number of rotatable bonds is 7. The molecule has 1 atom stereocenters. The van der Waals surface area contributed by atoms with E-state index in [0.29, 0.717) is 6.04 Å². The summed E-state index contributed by atoms with van der Waals surface area (Å²) in [5.41, 5.74) is 4.98. The van der Waals surface area contributed by atoms with Gasteiger partial charge in [0, 0.05) is 37.1 Å². The van der Waals surface area contributed by atoms with Gasteiger partial charge in [-0.1, -0.05) is 13.0 Å². The number of aryl methyl sites for hydroxylation is 2. The van der Waals surface area contributed by atoms with Gasteiger partial charge in [0.05, 0.1) is 5.69 Å². The van der Waals surface area contributed by atoms with E-state index >= 15 is 0 Å². The molecule has 0 amide bonds. The van der Waals surface area contributed by atoms with E-state index in [0.717, 1.165) is 37.2 Å². The smallest absolute Gasteiger partial charge is 0.0628 e. The Balaban J connectivity index is 2.00. The summed E-state index contributed by atoms with van der Waals surface area (Å²) in [7, 11) is 2.02. The molecule has 4 heteroatoms. The Kier molecular flexibility index (Phi) is 5.51. The van der Waals surface area contributed by atoms with Crippen molar-refractivity contribution >= 4 is 0 Å². The Labute approximate surface area is 127 Å². The van der Waals surface area contributed by atoms with Crippen LogP contribution in [-0.4, -0.2) is 27.4 Å². The van der Waals surface area contributed by atoms with E-state index in [1.54, 1.807) is 0 Å². The van der Waals surface area contributed by atoms with Gasteiger partial charge in [0.1, 0.15) is 0 Å². The average Bonchev–Trinajstić information content (AvgIpc) is 2.71. The number of nitrogens with zero attached hydrogens (tertiary/aromatic N) is 3. The molecule has 0 aromatic carbocycles.